The molecule has 3 aromatic rings. The molecule has 6 nitrogen and oxygen atoms in total. The average Bonchev–Trinajstić information content (AvgIpc) is 3.15. The van der Waals surface area contributed by atoms with Crippen LogP contribution in [0, 0.1) is 6.92 Å². The Morgan fingerprint density at radius 3 is 2.78 bits per heavy atom. The number of ether oxygens (including phenoxy) is 1. The van der Waals surface area contributed by atoms with E-state index in [-0.39, 0.29) is 11.7 Å². The third-order valence-electron chi connectivity index (χ3n) is 4.49. The molecule has 0 aliphatic heterocycles. The molecule has 0 saturated carbocycles. The Kier molecular flexibility index (Phi) is 8.48. The van der Waals surface area contributed by atoms with Crippen LogP contribution in [0.25, 0.3) is 0 Å². The van der Waals surface area contributed by atoms with E-state index in [4.69, 9.17) is 39.5 Å². The summed E-state index contributed by atoms with van der Waals surface area (Å²) >= 11 is 19.6. The van der Waals surface area contributed by atoms with Crippen LogP contribution in [0.2, 0.25) is 15.1 Å². The zero-order valence-electron chi connectivity index (χ0n) is 17.4. The summed E-state index contributed by atoms with van der Waals surface area (Å²) in [5.74, 6) is 1.00. The van der Waals surface area contributed by atoms with Crippen molar-refractivity contribution in [2.75, 3.05) is 11.1 Å². The molecule has 3 rings (SSSR count). The fourth-order valence-electron chi connectivity index (χ4n) is 2.88. The number of hydrogen-bond donors (Lipinski definition) is 1. The van der Waals surface area contributed by atoms with Crippen molar-refractivity contribution >= 4 is 58.2 Å². The van der Waals surface area contributed by atoms with E-state index in [1.165, 1.54) is 11.8 Å². The Balaban J connectivity index is 1.71. The number of rotatable bonds is 9. The van der Waals surface area contributed by atoms with Gasteiger partial charge in [-0.3, -0.25) is 9.36 Å². The fourth-order valence-corrected chi connectivity index (χ4v) is 4.13. The average molecular weight is 512 g/mol. The maximum absolute atomic E-state index is 12.5. The number of aromatic nitrogens is 3. The number of benzene rings is 2. The van der Waals surface area contributed by atoms with E-state index in [9.17, 15) is 4.79 Å². The molecule has 1 unspecified atom stereocenters. The van der Waals surface area contributed by atoms with Crippen LogP contribution in [-0.4, -0.2) is 26.4 Å². The molecule has 1 amide bonds. The fraction of sp³-hybridized carbons (Fsp3) is 0.227. The molecule has 32 heavy (non-hydrogen) atoms. The summed E-state index contributed by atoms with van der Waals surface area (Å²) < 4.78 is 7.81. The highest BCUT2D eigenvalue weighted by Gasteiger charge is 2.21. The molecule has 1 atom stereocenters. The molecular formula is C22H21Cl3N4O2S. The van der Waals surface area contributed by atoms with E-state index in [0.29, 0.717) is 44.0 Å². The second kappa shape index (κ2) is 11.1. The predicted molar refractivity (Wildman–Crippen MR) is 131 cm³/mol. The summed E-state index contributed by atoms with van der Waals surface area (Å²) in [5, 5.41) is 13.5. The lowest BCUT2D eigenvalue weighted by molar-refractivity contribution is -0.113. The largest absolute Gasteiger partial charge is 0.481 e. The molecule has 0 aliphatic rings. The molecule has 1 aromatic heterocycles. The Labute approximate surface area is 205 Å². The second-order valence-electron chi connectivity index (χ2n) is 6.82. The van der Waals surface area contributed by atoms with Gasteiger partial charge in [0.05, 0.1) is 10.8 Å². The highest BCUT2D eigenvalue weighted by Crippen LogP contribution is 2.32. The molecule has 0 saturated heterocycles. The number of nitrogens with zero attached hydrogens (tertiary/aromatic N) is 3. The number of carbonyl (C=O) groups is 1. The topological polar surface area (TPSA) is 69.0 Å². The van der Waals surface area contributed by atoms with Gasteiger partial charge in [-0.1, -0.05) is 58.7 Å². The van der Waals surface area contributed by atoms with Crippen LogP contribution in [0.5, 0.6) is 5.75 Å². The number of anilines is 1. The molecule has 10 heteroatoms. The molecule has 0 aliphatic carbocycles. The number of hydrogen-bond acceptors (Lipinski definition) is 5. The first-order chi connectivity index (χ1) is 15.3. The zero-order valence-corrected chi connectivity index (χ0v) is 20.5. The van der Waals surface area contributed by atoms with Gasteiger partial charge in [0.25, 0.3) is 0 Å². The van der Waals surface area contributed by atoms with Crippen LogP contribution in [0.1, 0.15) is 24.4 Å². The third kappa shape index (κ3) is 5.98. The SMILES string of the molecule is C=CCn1c(SCC(=O)Nc2cccc(Cl)c2C)nnc1C(C)Oc1cc(Cl)ccc1Cl. The van der Waals surface area contributed by atoms with E-state index >= 15 is 0 Å². The molecule has 1 N–H and O–H groups in total. The van der Waals surface area contributed by atoms with E-state index < -0.39 is 6.10 Å². The minimum atomic E-state index is -0.462. The van der Waals surface area contributed by atoms with E-state index in [0.717, 1.165) is 5.56 Å². The number of halogens is 3. The van der Waals surface area contributed by atoms with Crippen LogP contribution < -0.4 is 10.1 Å². The van der Waals surface area contributed by atoms with Crippen molar-refractivity contribution in [3.63, 3.8) is 0 Å². The summed E-state index contributed by atoms with van der Waals surface area (Å²) in [4.78, 5) is 12.5. The van der Waals surface area contributed by atoms with Gasteiger partial charge in [-0.25, -0.2) is 0 Å². The van der Waals surface area contributed by atoms with Gasteiger partial charge in [-0.2, -0.15) is 0 Å². The van der Waals surface area contributed by atoms with Gasteiger partial charge in [0, 0.05) is 28.3 Å². The van der Waals surface area contributed by atoms with Crippen LogP contribution in [0.4, 0.5) is 5.69 Å². The van der Waals surface area contributed by atoms with Crippen molar-refractivity contribution in [2.45, 2.75) is 31.7 Å². The first kappa shape index (κ1) is 24.5. The molecule has 2 aromatic carbocycles. The highest BCUT2D eigenvalue weighted by atomic mass is 35.5. The number of carbonyl (C=O) groups excluding carboxylic acids is 1. The highest BCUT2D eigenvalue weighted by molar-refractivity contribution is 7.99. The minimum Gasteiger partial charge on any atom is -0.481 e. The van der Waals surface area contributed by atoms with Gasteiger partial charge in [0.2, 0.25) is 5.91 Å². The van der Waals surface area contributed by atoms with Crippen LogP contribution in [0.15, 0.2) is 54.2 Å². The van der Waals surface area contributed by atoms with Crippen molar-refractivity contribution < 1.29 is 9.53 Å². The van der Waals surface area contributed by atoms with Crippen LogP contribution in [0.3, 0.4) is 0 Å². The zero-order chi connectivity index (χ0) is 23.3. The maximum atomic E-state index is 12.5. The summed E-state index contributed by atoms with van der Waals surface area (Å²) in [6, 6.07) is 10.4. The van der Waals surface area contributed by atoms with E-state index in [2.05, 4.69) is 22.1 Å². The lowest BCUT2D eigenvalue weighted by atomic mass is 10.2. The van der Waals surface area contributed by atoms with Crippen molar-refractivity contribution in [2.24, 2.45) is 0 Å². The monoisotopic (exact) mass is 510 g/mol. The van der Waals surface area contributed by atoms with Gasteiger partial charge in [0.1, 0.15) is 5.75 Å². The van der Waals surface area contributed by atoms with Crippen LogP contribution >= 0.6 is 46.6 Å². The number of thioether (sulfide) groups is 1. The Hall–Kier alpha value is -2.19. The lowest BCUT2D eigenvalue weighted by Gasteiger charge is -2.16. The van der Waals surface area contributed by atoms with E-state index in [1.54, 1.807) is 36.4 Å². The van der Waals surface area contributed by atoms with Crippen LogP contribution in [-0.2, 0) is 11.3 Å². The van der Waals surface area contributed by atoms with Crippen molar-refractivity contribution in [3.05, 3.63) is 75.5 Å². The third-order valence-corrected chi connectivity index (χ3v) is 6.42. The Morgan fingerprint density at radius 2 is 2.03 bits per heavy atom. The molecular weight excluding hydrogens is 491 g/mol. The number of nitrogens with one attached hydrogen (secondary N) is 1. The first-order valence-corrected chi connectivity index (χ1v) is 11.8. The minimum absolute atomic E-state index is 0.149. The summed E-state index contributed by atoms with van der Waals surface area (Å²) in [7, 11) is 0. The molecule has 0 fully saturated rings. The molecule has 0 radical (unpaired) electrons. The smallest absolute Gasteiger partial charge is 0.234 e. The van der Waals surface area contributed by atoms with Gasteiger partial charge in [0.15, 0.2) is 17.1 Å². The van der Waals surface area contributed by atoms with Gasteiger partial charge in [-0.05, 0) is 43.7 Å². The van der Waals surface area contributed by atoms with Gasteiger partial charge >= 0.3 is 0 Å². The normalized spacial score (nSPS) is 11.8. The Bertz CT molecular complexity index is 1140. The quantitative estimate of drug-likeness (QED) is 0.259. The standard InChI is InChI=1S/C22H21Cl3N4O2S/c1-4-10-29-21(14(3)31-19-11-15(23)8-9-17(19)25)27-28-22(29)32-12-20(30)26-18-7-5-6-16(24)13(18)2/h4-9,11,14H,1,10,12H2,2-3H3,(H,26,30). The summed E-state index contributed by atoms with van der Waals surface area (Å²) in [5.41, 5.74) is 1.49. The summed E-state index contributed by atoms with van der Waals surface area (Å²) in [6.07, 6.45) is 1.27. The molecule has 0 bridgehead atoms. The predicted octanol–water partition coefficient (Wildman–Crippen LogP) is 6.60. The van der Waals surface area contributed by atoms with Gasteiger partial charge < -0.3 is 10.1 Å². The molecule has 1 heterocycles. The Morgan fingerprint density at radius 1 is 1.25 bits per heavy atom. The van der Waals surface area contributed by atoms with Crippen molar-refractivity contribution in [1.29, 1.82) is 0 Å². The summed E-state index contributed by atoms with van der Waals surface area (Å²) in [6.45, 7) is 7.94. The molecule has 0 spiro atoms. The number of amides is 1. The maximum Gasteiger partial charge on any atom is 0.234 e. The van der Waals surface area contributed by atoms with Gasteiger partial charge in [-0.15, -0.1) is 16.8 Å². The van der Waals surface area contributed by atoms with E-state index in [1.807, 2.05) is 24.5 Å². The van der Waals surface area contributed by atoms with Crippen molar-refractivity contribution in [3.8, 4) is 5.75 Å². The number of allylic oxidation sites excluding steroid dienone is 1. The van der Waals surface area contributed by atoms with Crippen molar-refractivity contribution in [1.82, 2.24) is 14.8 Å². The second-order valence-corrected chi connectivity index (χ2v) is 9.02. The first-order valence-electron chi connectivity index (χ1n) is 9.63. The lowest BCUT2D eigenvalue weighted by Crippen LogP contribution is -2.16. The molecule has 168 valence electrons.